The van der Waals surface area contributed by atoms with Crippen LogP contribution in [0.5, 0.6) is 5.75 Å². The molecular weight excluding hydrogens is 338 g/mol. The average molecular weight is 353 g/mol. The zero-order valence-electron chi connectivity index (χ0n) is 13.9. The minimum absolute atomic E-state index is 0.267. The van der Waals surface area contributed by atoms with Crippen LogP contribution in [0.25, 0.3) is 22.1 Å². The Morgan fingerprint density at radius 3 is 2.56 bits per heavy atom. The van der Waals surface area contributed by atoms with Crippen LogP contribution in [-0.2, 0) is 0 Å². The van der Waals surface area contributed by atoms with Gasteiger partial charge in [0.2, 0.25) is 5.78 Å². The molecule has 0 saturated heterocycles. The number of aromatic amines is 1. The second-order valence-corrected chi connectivity index (χ2v) is 7.00. The van der Waals surface area contributed by atoms with Crippen LogP contribution in [0.4, 0.5) is 0 Å². The van der Waals surface area contributed by atoms with Crippen molar-refractivity contribution in [2.75, 3.05) is 7.11 Å². The minimum atomic E-state index is -0.395. The molecule has 0 amide bonds. The molecule has 0 fully saturated rings. The first kappa shape index (κ1) is 15.6. The zero-order chi connectivity index (χ0) is 17.7. The van der Waals surface area contributed by atoms with Crippen molar-refractivity contribution >= 4 is 33.4 Å². The van der Waals surface area contributed by atoms with Gasteiger partial charge in [-0.3, -0.25) is 9.59 Å². The van der Waals surface area contributed by atoms with Crippen LogP contribution in [0.1, 0.15) is 16.0 Å². The molecule has 6 nitrogen and oxygen atoms in total. The monoisotopic (exact) mass is 353 g/mol. The number of nitrogens with zero attached hydrogens (tertiary/aromatic N) is 2. The summed E-state index contributed by atoms with van der Waals surface area (Å²) < 4.78 is 6.23. The number of benzene rings is 1. The molecule has 4 aromatic rings. The van der Waals surface area contributed by atoms with E-state index in [1.54, 1.807) is 13.2 Å². The molecule has 0 atom stereocenters. The number of nitrogens with one attached hydrogen (secondary N) is 1. The number of ether oxygens (including phenoxy) is 1. The highest BCUT2D eigenvalue weighted by Gasteiger charge is 2.15. The summed E-state index contributed by atoms with van der Waals surface area (Å²) >= 11 is 1.46. The summed E-state index contributed by atoms with van der Waals surface area (Å²) in [7, 11) is 1.60. The third kappa shape index (κ3) is 2.35. The molecule has 126 valence electrons. The number of fused-ring (bicyclic) bond motifs is 2. The van der Waals surface area contributed by atoms with E-state index in [1.165, 1.54) is 11.3 Å². The van der Waals surface area contributed by atoms with Gasteiger partial charge < -0.3 is 9.72 Å². The number of aryl methyl sites for hydroxylation is 2. The van der Waals surface area contributed by atoms with Crippen molar-refractivity contribution in [3.8, 4) is 5.75 Å². The summed E-state index contributed by atoms with van der Waals surface area (Å²) in [5.41, 5.74) is 0.991. The molecule has 0 bridgehead atoms. The van der Waals surface area contributed by atoms with Crippen LogP contribution >= 0.6 is 11.3 Å². The topological polar surface area (TPSA) is 76.5 Å². The third-order valence-electron chi connectivity index (χ3n) is 4.31. The first-order valence-corrected chi connectivity index (χ1v) is 8.51. The molecule has 1 N–H and O–H groups in total. The third-order valence-corrected chi connectivity index (χ3v) is 5.41. The van der Waals surface area contributed by atoms with Crippen LogP contribution in [0.3, 0.4) is 0 Å². The van der Waals surface area contributed by atoms with E-state index in [1.807, 2.05) is 38.1 Å². The number of aromatic nitrogens is 3. The number of imidazole rings is 1. The molecule has 0 radical (unpaired) electrons. The maximum Gasteiger partial charge on any atom is 0.284 e. The fourth-order valence-electron chi connectivity index (χ4n) is 2.83. The van der Waals surface area contributed by atoms with E-state index in [2.05, 4.69) is 9.97 Å². The molecule has 0 unspecified atom stereocenters. The lowest BCUT2D eigenvalue weighted by Gasteiger charge is -1.98. The lowest BCUT2D eigenvalue weighted by molar-refractivity contribution is 0.415. The maximum absolute atomic E-state index is 12.8. The predicted molar refractivity (Wildman–Crippen MR) is 98.7 cm³/mol. The van der Waals surface area contributed by atoms with Gasteiger partial charge in [-0.2, -0.15) is 0 Å². The van der Waals surface area contributed by atoms with Crippen LogP contribution < -0.4 is 21.2 Å². The Labute approximate surface area is 146 Å². The molecule has 0 spiro atoms. The van der Waals surface area contributed by atoms with E-state index in [4.69, 9.17) is 4.74 Å². The quantitative estimate of drug-likeness (QED) is 0.596. The van der Waals surface area contributed by atoms with Gasteiger partial charge in [0.25, 0.3) is 11.1 Å². The van der Waals surface area contributed by atoms with Crippen molar-refractivity contribution in [1.82, 2.24) is 14.4 Å². The van der Waals surface area contributed by atoms with E-state index in [0.29, 0.717) is 15.6 Å². The van der Waals surface area contributed by atoms with Gasteiger partial charge in [0.05, 0.1) is 12.5 Å². The first-order valence-electron chi connectivity index (χ1n) is 7.70. The van der Waals surface area contributed by atoms with Crippen LogP contribution in [0.2, 0.25) is 0 Å². The molecule has 7 heteroatoms. The lowest BCUT2D eigenvalue weighted by atomic mass is 10.2. The molecule has 0 aliphatic carbocycles. The van der Waals surface area contributed by atoms with Gasteiger partial charge in [-0.05, 0) is 43.2 Å². The summed E-state index contributed by atoms with van der Waals surface area (Å²) in [6, 6.07) is 7.30. The Hall–Kier alpha value is -2.93. The Morgan fingerprint density at radius 1 is 1.16 bits per heavy atom. The number of hydrogen-bond acceptors (Lipinski definition) is 5. The summed E-state index contributed by atoms with van der Waals surface area (Å²) in [5, 5.41) is 0.842. The molecule has 0 aliphatic rings. The summed E-state index contributed by atoms with van der Waals surface area (Å²) in [6.45, 7) is 3.83. The van der Waals surface area contributed by atoms with Crippen LogP contribution in [0.15, 0.2) is 33.9 Å². The van der Waals surface area contributed by atoms with Gasteiger partial charge in [-0.15, -0.1) is 11.3 Å². The predicted octanol–water partition coefficient (Wildman–Crippen LogP) is 1.77. The van der Waals surface area contributed by atoms with Crippen molar-refractivity contribution in [3.63, 3.8) is 0 Å². The number of H-pyrrole nitrogens is 1. The molecule has 4 rings (SSSR count). The molecule has 25 heavy (non-hydrogen) atoms. The number of hydrogen-bond donors (Lipinski definition) is 1. The van der Waals surface area contributed by atoms with Crippen molar-refractivity contribution in [3.05, 3.63) is 66.3 Å². The average Bonchev–Trinajstić information content (AvgIpc) is 3.06. The molecule has 0 saturated carbocycles. The van der Waals surface area contributed by atoms with E-state index in [0.717, 1.165) is 26.2 Å². The highest BCUT2D eigenvalue weighted by molar-refractivity contribution is 7.18. The summed E-state index contributed by atoms with van der Waals surface area (Å²) in [6.07, 6.45) is 1.70. The Morgan fingerprint density at radius 2 is 1.88 bits per heavy atom. The van der Waals surface area contributed by atoms with Gasteiger partial charge in [-0.25, -0.2) is 9.38 Å². The van der Waals surface area contributed by atoms with Crippen molar-refractivity contribution in [2.45, 2.75) is 13.8 Å². The van der Waals surface area contributed by atoms with Crippen molar-refractivity contribution < 1.29 is 4.74 Å². The standard InChI is InChI=1S/C18H15N3O3S/c1-9-10(2)25-15-14(9)17(23)21-16(22)13(19-18(21)20-15)8-11-4-6-12(24-3)7-5-11/h4-8H,1-3H3,(H,19,20)/b13-8-. The molecule has 3 aromatic heterocycles. The Balaban J connectivity index is 2.00. The maximum atomic E-state index is 12.8. The summed E-state index contributed by atoms with van der Waals surface area (Å²) in [5.74, 6) is 1.00. The zero-order valence-corrected chi connectivity index (χ0v) is 14.7. The Kier molecular flexibility index (Phi) is 3.47. The van der Waals surface area contributed by atoms with Gasteiger partial charge in [-0.1, -0.05) is 12.1 Å². The SMILES string of the molecule is COc1ccc(/C=c2\[nH]c3nc4sc(C)c(C)c4c(=O)n3c2=O)cc1. The minimum Gasteiger partial charge on any atom is -0.497 e. The lowest BCUT2D eigenvalue weighted by Crippen LogP contribution is -2.31. The van der Waals surface area contributed by atoms with E-state index >= 15 is 0 Å². The van der Waals surface area contributed by atoms with E-state index in [9.17, 15) is 9.59 Å². The van der Waals surface area contributed by atoms with Crippen LogP contribution in [-0.4, -0.2) is 21.5 Å². The van der Waals surface area contributed by atoms with Gasteiger partial charge >= 0.3 is 0 Å². The normalized spacial score (nSPS) is 12.4. The highest BCUT2D eigenvalue weighted by Crippen LogP contribution is 2.25. The highest BCUT2D eigenvalue weighted by atomic mass is 32.1. The Bertz CT molecular complexity index is 1280. The fourth-order valence-corrected chi connectivity index (χ4v) is 3.84. The molecule has 3 heterocycles. The second-order valence-electron chi connectivity index (χ2n) is 5.80. The van der Waals surface area contributed by atoms with Crippen molar-refractivity contribution in [1.29, 1.82) is 0 Å². The van der Waals surface area contributed by atoms with E-state index < -0.39 is 5.56 Å². The molecule has 1 aromatic carbocycles. The second kappa shape index (κ2) is 5.56. The number of thiophene rings is 1. The van der Waals surface area contributed by atoms with Crippen LogP contribution in [0, 0.1) is 13.8 Å². The van der Waals surface area contributed by atoms with Gasteiger partial charge in [0, 0.05) is 4.88 Å². The first-order chi connectivity index (χ1) is 12.0. The smallest absolute Gasteiger partial charge is 0.284 e. The number of methoxy groups -OCH3 is 1. The summed E-state index contributed by atoms with van der Waals surface area (Å²) in [4.78, 5) is 34.6. The van der Waals surface area contributed by atoms with Crippen molar-refractivity contribution in [2.24, 2.45) is 0 Å². The molecule has 0 aliphatic heterocycles. The largest absolute Gasteiger partial charge is 0.497 e. The van der Waals surface area contributed by atoms with E-state index in [-0.39, 0.29) is 11.3 Å². The molecular formula is C18H15N3O3S. The number of rotatable bonds is 2. The van der Waals surface area contributed by atoms with Gasteiger partial charge in [0.15, 0.2) is 0 Å². The van der Waals surface area contributed by atoms with Gasteiger partial charge in [0.1, 0.15) is 15.9 Å². The fraction of sp³-hybridized carbons (Fsp3) is 0.167.